The molecule has 0 radical (unpaired) electrons. The van der Waals surface area contributed by atoms with Crippen molar-refractivity contribution in [2.75, 3.05) is 0 Å². The van der Waals surface area contributed by atoms with Crippen molar-refractivity contribution in [1.82, 2.24) is 0 Å². The van der Waals surface area contributed by atoms with Crippen LogP contribution in [0.15, 0.2) is 12.2 Å². The van der Waals surface area contributed by atoms with E-state index < -0.39 is 5.60 Å². The molecule has 3 unspecified atom stereocenters. The highest BCUT2D eigenvalue weighted by Gasteiger charge is 2.48. The molecule has 0 bridgehead atoms. The monoisotopic (exact) mass is 194 g/mol. The third-order valence-electron chi connectivity index (χ3n) is 4.09. The Balaban J connectivity index is 1.94. The zero-order valence-electron chi connectivity index (χ0n) is 9.59. The van der Waals surface area contributed by atoms with Crippen LogP contribution in [-0.2, 0) is 0 Å². The average Bonchev–Trinajstić information content (AvgIpc) is 2.65. The van der Waals surface area contributed by atoms with E-state index in [1.807, 2.05) is 0 Å². The van der Waals surface area contributed by atoms with E-state index in [2.05, 4.69) is 32.9 Å². The Bertz CT molecular complexity index is 254. The normalized spacial score (nSPS) is 45.1. The molecule has 0 aromatic rings. The molecular weight excluding hydrogens is 172 g/mol. The van der Waals surface area contributed by atoms with Gasteiger partial charge in [0.15, 0.2) is 0 Å². The summed E-state index contributed by atoms with van der Waals surface area (Å²) in [5, 5.41) is 10.3. The van der Waals surface area contributed by atoms with Crippen LogP contribution in [0.25, 0.3) is 0 Å². The van der Waals surface area contributed by atoms with Crippen molar-refractivity contribution in [3.63, 3.8) is 0 Å². The maximum atomic E-state index is 10.3. The van der Waals surface area contributed by atoms with Crippen LogP contribution in [0.1, 0.15) is 46.5 Å². The molecule has 1 saturated carbocycles. The largest absolute Gasteiger partial charge is 0.386 e. The van der Waals surface area contributed by atoms with Gasteiger partial charge < -0.3 is 5.11 Å². The molecule has 0 amide bonds. The van der Waals surface area contributed by atoms with Crippen LogP contribution in [0.2, 0.25) is 0 Å². The Morgan fingerprint density at radius 1 is 1.43 bits per heavy atom. The van der Waals surface area contributed by atoms with Crippen LogP contribution in [0.5, 0.6) is 0 Å². The SMILES string of the molecule is CC1C=CC(O)(CC2CC2(C)C)CC1. The van der Waals surface area contributed by atoms with Gasteiger partial charge in [0.05, 0.1) is 5.60 Å². The molecule has 1 nitrogen and oxygen atoms in total. The lowest BCUT2D eigenvalue weighted by molar-refractivity contribution is 0.0517. The second-order valence-corrected chi connectivity index (χ2v) is 6.07. The van der Waals surface area contributed by atoms with E-state index in [0.29, 0.717) is 11.3 Å². The van der Waals surface area contributed by atoms with Crippen LogP contribution in [0, 0.1) is 17.3 Å². The molecular formula is C13H22O. The standard InChI is InChI=1S/C13H22O/c1-10-4-6-13(14,7-5-10)9-11-8-12(11,2)3/h4,6,10-11,14H,5,7-9H2,1-3H3. The van der Waals surface area contributed by atoms with Gasteiger partial charge in [-0.3, -0.25) is 0 Å². The van der Waals surface area contributed by atoms with Gasteiger partial charge in [-0.1, -0.05) is 32.9 Å². The van der Waals surface area contributed by atoms with Crippen molar-refractivity contribution in [2.45, 2.75) is 52.1 Å². The minimum Gasteiger partial charge on any atom is -0.386 e. The van der Waals surface area contributed by atoms with Crippen molar-refractivity contribution in [2.24, 2.45) is 17.3 Å². The van der Waals surface area contributed by atoms with E-state index in [4.69, 9.17) is 0 Å². The maximum Gasteiger partial charge on any atom is 0.0830 e. The van der Waals surface area contributed by atoms with Gasteiger partial charge in [0.25, 0.3) is 0 Å². The molecule has 0 aliphatic heterocycles. The number of hydrogen-bond acceptors (Lipinski definition) is 1. The molecule has 1 heteroatoms. The van der Waals surface area contributed by atoms with Crippen molar-refractivity contribution in [1.29, 1.82) is 0 Å². The highest BCUT2D eigenvalue weighted by molar-refractivity contribution is 5.11. The van der Waals surface area contributed by atoms with Gasteiger partial charge in [0.1, 0.15) is 0 Å². The fourth-order valence-electron chi connectivity index (χ4n) is 2.52. The minimum atomic E-state index is -0.481. The van der Waals surface area contributed by atoms with Crippen LogP contribution in [0.3, 0.4) is 0 Å². The molecule has 0 aromatic heterocycles. The van der Waals surface area contributed by atoms with Crippen molar-refractivity contribution in [3.8, 4) is 0 Å². The lowest BCUT2D eigenvalue weighted by atomic mass is 9.82. The molecule has 2 aliphatic rings. The van der Waals surface area contributed by atoms with E-state index in [1.54, 1.807) is 0 Å². The Kier molecular flexibility index (Phi) is 2.26. The summed E-state index contributed by atoms with van der Waals surface area (Å²) in [6.45, 7) is 6.82. The van der Waals surface area contributed by atoms with Gasteiger partial charge in [0, 0.05) is 0 Å². The van der Waals surface area contributed by atoms with Gasteiger partial charge in [-0.25, -0.2) is 0 Å². The lowest BCUT2D eigenvalue weighted by Gasteiger charge is -2.30. The molecule has 0 aromatic carbocycles. The molecule has 0 heterocycles. The first-order valence-electron chi connectivity index (χ1n) is 5.83. The molecule has 0 saturated heterocycles. The Hall–Kier alpha value is -0.300. The van der Waals surface area contributed by atoms with Crippen molar-refractivity contribution >= 4 is 0 Å². The number of hydrogen-bond donors (Lipinski definition) is 1. The highest BCUT2D eigenvalue weighted by Crippen LogP contribution is 2.56. The number of rotatable bonds is 2. The molecule has 1 N–H and O–H groups in total. The zero-order chi connectivity index (χ0) is 10.4. The molecule has 80 valence electrons. The average molecular weight is 194 g/mol. The summed E-state index contributed by atoms with van der Waals surface area (Å²) < 4.78 is 0. The fraction of sp³-hybridized carbons (Fsp3) is 0.846. The van der Waals surface area contributed by atoms with Crippen LogP contribution in [0.4, 0.5) is 0 Å². The van der Waals surface area contributed by atoms with E-state index in [9.17, 15) is 5.11 Å². The second kappa shape index (κ2) is 3.10. The van der Waals surface area contributed by atoms with E-state index in [-0.39, 0.29) is 0 Å². The summed E-state index contributed by atoms with van der Waals surface area (Å²) in [6.07, 6.45) is 8.59. The lowest BCUT2D eigenvalue weighted by Crippen LogP contribution is -2.30. The molecule has 14 heavy (non-hydrogen) atoms. The third kappa shape index (κ3) is 2.03. The van der Waals surface area contributed by atoms with Crippen LogP contribution >= 0.6 is 0 Å². The zero-order valence-corrected chi connectivity index (χ0v) is 9.59. The summed E-state index contributed by atoms with van der Waals surface area (Å²) in [6, 6.07) is 0. The topological polar surface area (TPSA) is 20.2 Å². The number of aliphatic hydroxyl groups is 1. The van der Waals surface area contributed by atoms with Gasteiger partial charge in [-0.05, 0) is 42.9 Å². The summed E-state index contributed by atoms with van der Waals surface area (Å²) in [5.41, 5.74) is 0.0115. The highest BCUT2D eigenvalue weighted by atomic mass is 16.3. The first-order chi connectivity index (χ1) is 6.41. The molecule has 0 spiro atoms. The predicted octanol–water partition coefficient (Wildman–Crippen LogP) is 3.14. The summed E-state index contributed by atoms with van der Waals surface area (Å²) in [4.78, 5) is 0. The Morgan fingerprint density at radius 3 is 2.50 bits per heavy atom. The Morgan fingerprint density at radius 2 is 2.07 bits per heavy atom. The fourth-order valence-corrected chi connectivity index (χ4v) is 2.52. The quantitative estimate of drug-likeness (QED) is 0.670. The van der Waals surface area contributed by atoms with Gasteiger partial charge in [0.2, 0.25) is 0 Å². The number of allylic oxidation sites excluding steroid dienone is 1. The second-order valence-electron chi connectivity index (χ2n) is 6.07. The van der Waals surface area contributed by atoms with Crippen molar-refractivity contribution in [3.05, 3.63) is 12.2 Å². The van der Waals surface area contributed by atoms with Crippen LogP contribution < -0.4 is 0 Å². The first-order valence-corrected chi connectivity index (χ1v) is 5.83. The van der Waals surface area contributed by atoms with E-state index in [0.717, 1.165) is 25.2 Å². The van der Waals surface area contributed by atoms with Crippen LogP contribution in [-0.4, -0.2) is 10.7 Å². The summed E-state index contributed by atoms with van der Waals surface area (Å²) in [5.74, 6) is 1.40. The molecule has 2 aliphatic carbocycles. The summed E-state index contributed by atoms with van der Waals surface area (Å²) >= 11 is 0. The summed E-state index contributed by atoms with van der Waals surface area (Å²) in [7, 11) is 0. The van der Waals surface area contributed by atoms with E-state index >= 15 is 0 Å². The molecule has 1 fully saturated rings. The van der Waals surface area contributed by atoms with Gasteiger partial charge in [-0.2, -0.15) is 0 Å². The maximum absolute atomic E-state index is 10.3. The first kappa shape index (κ1) is 10.2. The van der Waals surface area contributed by atoms with Gasteiger partial charge >= 0.3 is 0 Å². The van der Waals surface area contributed by atoms with Crippen molar-refractivity contribution < 1.29 is 5.11 Å². The predicted molar refractivity (Wildman–Crippen MR) is 59.0 cm³/mol. The smallest absolute Gasteiger partial charge is 0.0830 e. The molecule has 2 rings (SSSR count). The third-order valence-corrected chi connectivity index (χ3v) is 4.09. The van der Waals surface area contributed by atoms with Gasteiger partial charge in [-0.15, -0.1) is 0 Å². The molecule has 3 atom stereocenters. The van der Waals surface area contributed by atoms with E-state index in [1.165, 1.54) is 6.42 Å². The Labute approximate surface area is 87.2 Å². The minimum absolute atomic E-state index is 0.481.